The Bertz CT molecular complexity index is 793. The fraction of sp³-hybridized carbons (Fsp3) is 0.263. The Balaban J connectivity index is 2.53. The van der Waals surface area contributed by atoms with Gasteiger partial charge in [-0.1, -0.05) is 35.9 Å². The van der Waals surface area contributed by atoms with Crippen LogP contribution in [0, 0.1) is 42.4 Å². The van der Waals surface area contributed by atoms with Crippen LogP contribution in [-0.4, -0.2) is 0 Å². The van der Waals surface area contributed by atoms with Gasteiger partial charge >= 0.3 is 0 Å². The molecule has 0 fully saturated rings. The van der Waals surface area contributed by atoms with Crippen LogP contribution in [-0.2, 0) is 0 Å². The number of allylic oxidation sites excluding steroid dienone is 5. The lowest BCUT2D eigenvalue weighted by Gasteiger charge is -2.24. The number of nitriles is 2. The average Bonchev–Trinajstić information content (AvgIpc) is 2.50. The van der Waals surface area contributed by atoms with Crippen molar-refractivity contribution < 1.29 is 0 Å². The number of nitrogens with zero attached hydrogens (tertiary/aromatic N) is 2. The molecule has 0 saturated carbocycles. The van der Waals surface area contributed by atoms with Gasteiger partial charge in [0.25, 0.3) is 0 Å². The van der Waals surface area contributed by atoms with Crippen LogP contribution in [0.5, 0.6) is 0 Å². The lowest BCUT2D eigenvalue weighted by molar-refractivity contribution is 0.799. The van der Waals surface area contributed by atoms with Crippen molar-refractivity contribution in [1.29, 1.82) is 10.5 Å². The van der Waals surface area contributed by atoms with Gasteiger partial charge in [-0.15, -0.1) is 0 Å². The lowest BCUT2D eigenvalue weighted by atomic mass is 9.86. The van der Waals surface area contributed by atoms with Crippen molar-refractivity contribution >= 4 is 16.6 Å². The molecule has 1 aromatic carbocycles. The number of halogens is 1. The molecule has 0 radical (unpaired) electrons. The zero-order valence-corrected chi connectivity index (χ0v) is 14.4. The third-order valence-electron chi connectivity index (χ3n) is 4.14. The van der Waals surface area contributed by atoms with Crippen molar-refractivity contribution in [3.63, 3.8) is 0 Å². The molecule has 0 aromatic heterocycles. The van der Waals surface area contributed by atoms with E-state index in [1.807, 2.05) is 45.9 Å². The van der Waals surface area contributed by atoms with Gasteiger partial charge in [-0.25, -0.2) is 0 Å². The van der Waals surface area contributed by atoms with E-state index in [-0.39, 0.29) is 0 Å². The van der Waals surface area contributed by atoms with Crippen molar-refractivity contribution in [3.8, 4) is 12.1 Å². The number of rotatable bonds is 2. The highest BCUT2D eigenvalue weighted by molar-refractivity contribution is 6.48. The van der Waals surface area contributed by atoms with Crippen LogP contribution in [0.3, 0.4) is 0 Å². The number of dihydropyridines is 1. The molecule has 0 atom stereocenters. The van der Waals surface area contributed by atoms with Crippen LogP contribution in [0.25, 0.3) is 5.03 Å². The van der Waals surface area contributed by atoms with Gasteiger partial charge < -0.3 is 5.32 Å². The first kappa shape index (κ1) is 16.9. The zero-order chi connectivity index (χ0) is 17.1. The molecule has 23 heavy (non-hydrogen) atoms. The molecule has 2 rings (SSSR count). The second kappa shape index (κ2) is 6.73. The second-order valence-corrected chi connectivity index (χ2v) is 6.12. The van der Waals surface area contributed by atoms with Crippen LogP contribution in [0.15, 0.2) is 46.8 Å². The van der Waals surface area contributed by atoms with Gasteiger partial charge in [-0.2, -0.15) is 10.5 Å². The van der Waals surface area contributed by atoms with E-state index >= 15 is 0 Å². The Morgan fingerprint density at radius 1 is 1.04 bits per heavy atom. The standard InChI is InChI=1S/C19H18ClN3/c1-11-5-6-15(7-12(11)2)19(20)8-16-17(9-21)13(3)23-14(4)18(16)10-22/h5-8,16,23H,1-4H3/b19-8-. The van der Waals surface area contributed by atoms with Crippen LogP contribution in [0.4, 0.5) is 0 Å². The molecule has 0 amide bonds. The zero-order valence-electron chi connectivity index (χ0n) is 13.7. The number of benzene rings is 1. The molecule has 4 heteroatoms. The van der Waals surface area contributed by atoms with Crippen LogP contribution < -0.4 is 5.32 Å². The molecule has 116 valence electrons. The molecule has 1 aliphatic rings. The smallest absolute Gasteiger partial charge is 0.0975 e. The SMILES string of the molecule is CC1=C(C#N)C(/C=C(\Cl)c2ccc(C)c(C)c2)C(C#N)=C(C)N1. The molecular weight excluding hydrogens is 306 g/mol. The number of hydrogen-bond donors (Lipinski definition) is 1. The van der Waals surface area contributed by atoms with Gasteiger partial charge in [0.2, 0.25) is 0 Å². The van der Waals surface area contributed by atoms with Crippen molar-refractivity contribution in [1.82, 2.24) is 5.32 Å². The maximum absolute atomic E-state index is 9.44. The number of aryl methyl sites for hydroxylation is 2. The Hall–Kier alpha value is -2.49. The molecule has 1 heterocycles. The number of hydrogen-bond acceptors (Lipinski definition) is 3. The van der Waals surface area contributed by atoms with Crippen molar-refractivity contribution in [2.24, 2.45) is 5.92 Å². The first-order valence-corrected chi connectivity index (χ1v) is 7.70. The molecule has 0 saturated heterocycles. The minimum absolute atomic E-state index is 0.416. The molecular formula is C19H18ClN3. The predicted octanol–water partition coefficient (Wildman–Crippen LogP) is 4.70. The third-order valence-corrected chi connectivity index (χ3v) is 4.49. The largest absolute Gasteiger partial charge is 0.361 e. The predicted molar refractivity (Wildman–Crippen MR) is 93.0 cm³/mol. The highest BCUT2D eigenvalue weighted by Crippen LogP contribution is 2.33. The lowest BCUT2D eigenvalue weighted by Crippen LogP contribution is -2.23. The first-order valence-electron chi connectivity index (χ1n) is 7.32. The molecule has 1 aromatic rings. The summed E-state index contributed by atoms with van der Waals surface area (Å²) in [5, 5.41) is 22.5. The minimum atomic E-state index is -0.416. The highest BCUT2D eigenvalue weighted by atomic mass is 35.5. The average molecular weight is 324 g/mol. The van der Waals surface area contributed by atoms with E-state index in [0.717, 1.165) is 22.5 Å². The van der Waals surface area contributed by atoms with E-state index in [2.05, 4.69) is 17.5 Å². The maximum Gasteiger partial charge on any atom is 0.0975 e. The molecule has 0 aliphatic carbocycles. The monoisotopic (exact) mass is 323 g/mol. The van der Waals surface area contributed by atoms with E-state index in [0.29, 0.717) is 16.2 Å². The molecule has 1 N–H and O–H groups in total. The fourth-order valence-electron chi connectivity index (χ4n) is 2.63. The summed E-state index contributed by atoms with van der Waals surface area (Å²) in [5.41, 5.74) is 5.80. The normalized spacial score (nSPS) is 16.0. The van der Waals surface area contributed by atoms with Gasteiger partial charge in [-0.3, -0.25) is 0 Å². The van der Waals surface area contributed by atoms with Gasteiger partial charge in [0, 0.05) is 16.4 Å². The summed E-state index contributed by atoms with van der Waals surface area (Å²) < 4.78 is 0. The Morgan fingerprint density at radius 3 is 2.09 bits per heavy atom. The Morgan fingerprint density at radius 2 is 1.61 bits per heavy atom. The fourth-order valence-corrected chi connectivity index (χ4v) is 2.88. The van der Waals surface area contributed by atoms with Crippen molar-refractivity contribution in [3.05, 3.63) is 63.5 Å². The van der Waals surface area contributed by atoms with Gasteiger partial charge in [0.15, 0.2) is 0 Å². The van der Waals surface area contributed by atoms with E-state index in [4.69, 9.17) is 11.6 Å². The van der Waals surface area contributed by atoms with Gasteiger partial charge in [0.05, 0.1) is 29.2 Å². The summed E-state index contributed by atoms with van der Waals surface area (Å²) >= 11 is 6.48. The molecule has 0 spiro atoms. The maximum atomic E-state index is 9.44. The molecule has 3 nitrogen and oxygen atoms in total. The van der Waals surface area contributed by atoms with E-state index in [9.17, 15) is 10.5 Å². The van der Waals surface area contributed by atoms with E-state index < -0.39 is 5.92 Å². The number of nitrogens with one attached hydrogen (secondary N) is 1. The van der Waals surface area contributed by atoms with Crippen molar-refractivity contribution in [2.75, 3.05) is 0 Å². The molecule has 1 aliphatic heterocycles. The quantitative estimate of drug-likeness (QED) is 0.858. The summed E-state index contributed by atoms with van der Waals surface area (Å²) in [6, 6.07) is 10.4. The van der Waals surface area contributed by atoms with Crippen LogP contribution >= 0.6 is 11.6 Å². The molecule has 0 unspecified atom stereocenters. The highest BCUT2D eigenvalue weighted by Gasteiger charge is 2.26. The first-order chi connectivity index (χ1) is 10.9. The second-order valence-electron chi connectivity index (χ2n) is 5.72. The summed E-state index contributed by atoms with van der Waals surface area (Å²) in [6.07, 6.45) is 1.79. The summed E-state index contributed by atoms with van der Waals surface area (Å²) in [7, 11) is 0. The van der Waals surface area contributed by atoms with E-state index in [1.165, 1.54) is 5.56 Å². The third kappa shape index (κ3) is 3.31. The summed E-state index contributed by atoms with van der Waals surface area (Å²) in [6.45, 7) is 7.74. The molecule has 0 bridgehead atoms. The minimum Gasteiger partial charge on any atom is -0.361 e. The Labute approximate surface area is 142 Å². The van der Waals surface area contributed by atoms with E-state index in [1.54, 1.807) is 6.08 Å². The van der Waals surface area contributed by atoms with Crippen molar-refractivity contribution in [2.45, 2.75) is 27.7 Å². The summed E-state index contributed by atoms with van der Waals surface area (Å²) in [5.74, 6) is -0.416. The van der Waals surface area contributed by atoms with Crippen LogP contribution in [0.2, 0.25) is 0 Å². The van der Waals surface area contributed by atoms with Gasteiger partial charge in [-0.05, 0) is 44.4 Å². The van der Waals surface area contributed by atoms with Crippen LogP contribution in [0.1, 0.15) is 30.5 Å². The van der Waals surface area contributed by atoms with Gasteiger partial charge in [0.1, 0.15) is 0 Å². The summed E-state index contributed by atoms with van der Waals surface area (Å²) in [4.78, 5) is 0. The Kier molecular flexibility index (Phi) is 4.94. The topological polar surface area (TPSA) is 59.6 Å².